The van der Waals surface area contributed by atoms with Crippen LogP contribution in [0.15, 0.2) is 41.1 Å². The number of nitro groups is 1. The number of nitrogens with zero attached hydrogens (tertiary/aromatic N) is 1. The fourth-order valence-electron chi connectivity index (χ4n) is 2.81. The number of benzene rings is 1. The molecular formula is C21H18N2O8S2. The summed E-state index contributed by atoms with van der Waals surface area (Å²) in [5.41, 5.74) is 0.329. The zero-order chi connectivity index (χ0) is 24.0. The number of carbonyl (C=O) groups is 3. The van der Waals surface area contributed by atoms with E-state index in [1.165, 1.54) is 30.6 Å². The summed E-state index contributed by atoms with van der Waals surface area (Å²) in [5.74, 6) is -2.21. The molecule has 0 unspecified atom stereocenters. The number of methoxy groups -OCH3 is 1. The average Bonchev–Trinajstić information content (AvgIpc) is 3.47. The van der Waals surface area contributed by atoms with E-state index < -0.39 is 35.1 Å². The topological polar surface area (TPSA) is 134 Å². The molecule has 0 fully saturated rings. The van der Waals surface area contributed by atoms with Gasteiger partial charge in [0.25, 0.3) is 5.91 Å². The minimum Gasteiger partial charge on any atom is -0.490 e. The first-order chi connectivity index (χ1) is 15.8. The van der Waals surface area contributed by atoms with Gasteiger partial charge in [-0.2, -0.15) is 0 Å². The molecule has 0 aliphatic carbocycles. The third-order valence-corrected chi connectivity index (χ3v) is 6.05. The van der Waals surface area contributed by atoms with Crippen molar-refractivity contribution in [2.75, 3.05) is 25.6 Å². The number of esters is 2. The van der Waals surface area contributed by atoms with Gasteiger partial charge >= 0.3 is 17.6 Å². The third kappa shape index (κ3) is 5.54. The number of nitrogens with one attached hydrogen (secondary N) is 1. The van der Waals surface area contributed by atoms with Gasteiger partial charge in [-0.15, -0.1) is 22.7 Å². The fourth-order valence-corrected chi connectivity index (χ4v) is 4.59. The van der Waals surface area contributed by atoms with Crippen molar-refractivity contribution in [2.24, 2.45) is 0 Å². The van der Waals surface area contributed by atoms with E-state index >= 15 is 0 Å². The summed E-state index contributed by atoms with van der Waals surface area (Å²) in [5, 5.41) is 17.5. The van der Waals surface area contributed by atoms with Crippen molar-refractivity contribution in [3.63, 3.8) is 0 Å². The Hall–Kier alpha value is -3.77. The van der Waals surface area contributed by atoms with Gasteiger partial charge in [0.15, 0.2) is 12.4 Å². The van der Waals surface area contributed by atoms with E-state index in [1.54, 1.807) is 12.3 Å². The Labute approximate surface area is 195 Å². The molecule has 0 spiro atoms. The van der Waals surface area contributed by atoms with Gasteiger partial charge < -0.3 is 19.5 Å². The van der Waals surface area contributed by atoms with Crippen molar-refractivity contribution < 1.29 is 33.5 Å². The third-order valence-electron chi connectivity index (χ3n) is 4.26. The second kappa shape index (κ2) is 10.7. The predicted octanol–water partition coefficient (Wildman–Crippen LogP) is 4.37. The zero-order valence-corrected chi connectivity index (χ0v) is 19.1. The Morgan fingerprint density at radius 2 is 1.91 bits per heavy atom. The standard InChI is InChI=1S/C21H18N2O8S2/c1-3-30-21(26)18-13(16-5-4-8-32-16)11-33-19(18)22-17(24)10-31-20(25)12-6-7-15(29-2)14(9-12)23(27)28/h4-9,11H,3,10H2,1-2H3,(H,22,24). The summed E-state index contributed by atoms with van der Waals surface area (Å²) in [6.07, 6.45) is 0. The molecule has 2 heterocycles. The summed E-state index contributed by atoms with van der Waals surface area (Å²) in [6.45, 7) is 1.18. The van der Waals surface area contributed by atoms with Crippen LogP contribution in [0.2, 0.25) is 0 Å². The van der Waals surface area contributed by atoms with Crippen molar-refractivity contribution >= 4 is 51.2 Å². The highest BCUT2D eigenvalue weighted by Gasteiger charge is 2.24. The van der Waals surface area contributed by atoms with Gasteiger partial charge in [0, 0.05) is 21.9 Å². The van der Waals surface area contributed by atoms with Crippen molar-refractivity contribution in [3.8, 4) is 16.2 Å². The summed E-state index contributed by atoms with van der Waals surface area (Å²) in [6, 6.07) is 7.24. The van der Waals surface area contributed by atoms with Gasteiger partial charge in [0.1, 0.15) is 10.6 Å². The average molecular weight is 491 g/mol. The normalized spacial score (nSPS) is 10.4. The first-order valence-corrected chi connectivity index (χ1v) is 11.2. The van der Waals surface area contributed by atoms with E-state index in [-0.39, 0.29) is 28.5 Å². The van der Waals surface area contributed by atoms with Crippen LogP contribution in [0.1, 0.15) is 27.6 Å². The van der Waals surface area contributed by atoms with Crippen molar-refractivity contribution in [1.29, 1.82) is 0 Å². The van der Waals surface area contributed by atoms with E-state index in [9.17, 15) is 24.5 Å². The maximum absolute atomic E-state index is 12.5. The first kappa shape index (κ1) is 23.9. The van der Waals surface area contributed by atoms with Crippen LogP contribution >= 0.6 is 22.7 Å². The van der Waals surface area contributed by atoms with E-state index in [0.29, 0.717) is 5.56 Å². The highest BCUT2D eigenvalue weighted by Crippen LogP contribution is 2.38. The molecule has 0 radical (unpaired) electrons. The Kier molecular flexibility index (Phi) is 7.74. The largest absolute Gasteiger partial charge is 0.490 e. The molecule has 0 saturated heterocycles. The lowest BCUT2D eigenvalue weighted by atomic mass is 10.1. The maximum Gasteiger partial charge on any atom is 0.341 e. The molecule has 0 aliphatic heterocycles. The van der Waals surface area contributed by atoms with Gasteiger partial charge in [-0.3, -0.25) is 14.9 Å². The van der Waals surface area contributed by atoms with Crippen molar-refractivity contribution in [1.82, 2.24) is 0 Å². The van der Waals surface area contributed by atoms with Crippen LogP contribution in [-0.4, -0.2) is 43.1 Å². The monoisotopic (exact) mass is 490 g/mol. The molecule has 172 valence electrons. The lowest BCUT2D eigenvalue weighted by molar-refractivity contribution is -0.385. The van der Waals surface area contributed by atoms with Crippen molar-refractivity contribution in [3.05, 3.63) is 62.3 Å². The Morgan fingerprint density at radius 3 is 2.55 bits per heavy atom. The Balaban J connectivity index is 1.71. The molecule has 0 aliphatic rings. The summed E-state index contributed by atoms with van der Waals surface area (Å²) < 4.78 is 15.0. The lowest BCUT2D eigenvalue weighted by Crippen LogP contribution is -2.21. The first-order valence-electron chi connectivity index (χ1n) is 9.47. The Morgan fingerprint density at radius 1 is 1.12 bits per heavy atom. The van der Waals surface area contributed by atoms with Crippen LogP contribution in [0.25, 0.3) is 10.4 Å². The zero-order valence-electron chi connectivity index (χ0n) is 17.5. The molecule has 1 aromatic carbocycles. The fraction of sp³-hybridized carbons (Fsp3) is 0.190. The molecule has 1 N–H and O–H groups in total. The number of amides is 1. The van der Waals surface area contributed by atoms with E-state index in [0.717, 1.165) is 22.3 Å². The van der Waals surface area contributed by atoms with Crippen LogP contribution < -0.4 is 10.1 Å². The molecule has 1 amide bonds. The van der Waals surface area contributed by atoms with Gasteiger partial charge in [0.05, 0.1) is 24.2 Å². The summed E-state index contributed by atoms with van der Waals surface area (Å²) in [7, 11) is 1.27. The molecule has 0 bridgehead atoms. The second-order valence-electron chi connectivity index (χ2n) is 6.32. The molecule has 10 nitrogen and oxygen atoms in total. The number of rotatable bonds is 9. The molecule has 33 heavy (non-hydrogen) atoms. The van der Waals surface area contributed by atoms with E-state index in [2.05, 4.69) is 5.32 Å². The Bertz CT molecular complexity index is 1190. The highest BCUT2D eigenvalue weighted by atomic mass is 32.1. The summed E-state index contributed by atoms with van der Waals surface area (Å²) in [4.78, 5) is 48.4. The number of carbonyl (C=O) groups excluding carboxylic acids is 3. The second-order valence-corrected chi connectivity index (χ2v) is 8.15. The lowest BCUT2D eigenvalue weighted by Gasteiger charge is -2.09. The van der Waals surface area contributed by atoms with Gasteiger partial charge in [-0.05, 0) is 30.5 Å². The summed E-state index contributed by atoms with van der Waals surface area (Å²) >= 11 is 2.58. The highest BCUT2D eigenvalue weighted by molar-refractivity contribution is 7.17. The molecule has 0 atom stereocenters. The number of nitro benzene ring substituents is 1. The van der Waals surface area contributed by atoms with Gasteiger partial charge in [-0.1, -0.05) is 6.07 Å². The van der Waals surface area contributed by atoms with Crippen LogP contribution in [0.4, 0.5) is 10.7 Å². The van der Waals surface area contributed by atoms with Crippen LogP contribution in [0.3, 0.4) is 0 Å². The molecule has 2 aromatic heterocycles. The van der Waals surface area contributed by atoms with Crippen molar-refractivity contribution in [2.45, 2.75) is 6.92 Å². The van der Waals surface area contributed by atoms with Gasteiger partial charge in [0.2, 0.25) is 0 Å². The molecule has 0 saturated carbocycles. The molecular weight excluding hydrogens is 472 g/mol. The quantitative estimate of drug-likeness (QED) is 0.266. The minimum absolute atomic E-state index is 0.0139. The van der Waals surface area contributed by atoms with E-state index in [4.69, 9.17) is 14.2 Å². The van der Waals surface area contributed by atoms with Gasteiger partial charge in [-0.25, -0.2) is 9.59 Å². The van der Waals surface area contributed by atoms with Crippen LogP contribution in [-0.2, 0) is 14.3 Å². The minimum atomic E-state index is -0.924. The van der Waals surface area contributed by atoms with Crippen LogP contribution in [0.5, 0.6) is 5.75 Å². The predicted molar refractivity (Wildman–Crippen MR) is 122 cm³/mol. The van der Waals surface area contributed by atoms with Crippen LogP contribution in [0, 0.1) is 10.1 Å². The number of anilines is 1. The number of thiophene rings is 2. The maximum atomic E-state index is 12.5. The number of ether oxygens (including phenoxy) is 3. The molecule has 3 rings (SSSR count). The number of hydrogen-bond donors (Lipinski definition) is 1. The SMILES string of the molecule is CCOC(=O)c1c(-c2cccs2)csc1NC(=O)COC(=O)c1ccc(OC)c([N+](=O)[O-])c1. The molecule has 12 heteroatoms. The van der Waals surface area contributed by atoms with E-state index in [1.807, 2.05) is 17.5 Å². The smallest absolute Gasteiger partial charge is 0.341 e. The number of hydrogen-bond acceptors (Lipinski definition) is 10. The molecule has 3 aromatic rings.